The van der Waals surface area contributed by atoms with Gasteiger partial charge in [-0.15, -0.1) is 0 Å². The summed E-state index contributed by atoms with van der Waals surface area (Å²) in [4.78, 5) is 9.83. The predicted octanol–water partition coefficient (Wildman–Crippen LogP) is 9.08. The average molecular weight is 475 g/mol. The molecule has 2 heteroatoms. The molecule has 176 valence electrons. The molecule has 0 spiro atoms. The zero-order valence-corrected chi connectivity index (χ0v) is 20.5. The second-order valence-electron chi connectivity index (χ2n) is 9.09. The molecule has 0 aliphatic heterocycles. The largest absolute Gasteiger partial charge is 0.256 e. The first kappa shape index (κ1) is 22.6. The first-order valence-corrected chi connectivity index (χ1v) is 12.5. The van der Waals surface area contributed by atoms with Gasteiger partial charge in [-0.3, -0.25) is 9.98 Å². The monoisotopic (exact) mass is 474 g/mol. The van der Waals surface area contributed by atoms with Crippen LogP contribution in [0.2, 0.25) is 0 Å². The summed E-state index contributed by atoms with van der Waals surface area (Å²) in [5.74, 6) is 0. The van der Waals surface area contributed by atoms with Gasteiger partial charge in [0.15, 0.2) is 0 Å². The Labute approximate surface area is 217 Å². The maximum Gasteiger partial charge on any atom is 0.0665 e. The molecule has 0 aliphatic rings. The Balaban J connectivity index is 1.30. The zero-order valence-electron chi connectivity index (χ0n) is 20.5. The third-order valence-corrected chi connectivity index (χ3v) is 6.70. The van der Waals surface area contributed by atoms with Crippen LogP contribution in [0, 0.1) is 0 Å². The molecule has 0 radical (unpaired) electrons. The minimum atomic E-state index is 0.756. The van der Waals surface area contributed by atoms with Gasteiger partial charge >= 0.3 is 0 Å². The topological polar surface area (TPSA) is 24.7 Å². The number of benzene rings is 6. The van der Waals surface area contributed by atoms with Crippen molar-refractivity contribution < 1.29 is 0 Å². The highest BCUT2D eigenvalue weighted by molar-refractivity contribution is 6.01. The highest BCUT2D eigenvalue weighted by Gasteiger charge is 2.07. The number of hydrogen-bond donors (Lipinski definition) is 0. The number of hydrogen-bond acceptors (Lipinski definition) is 2. The third kappa shape index (κ3) is 4.96. The van der Waals surface area contributed by atoms with Crippen molar-refractivity contribution >= 4 is 45.3 Å². The van der Waals surface area contributed by atoms with Crippen molar-refractivity contribution in [3.05, 3.63) is 156 Å². The van der Waals surface area contributed by atoms with Gasteiger partial charge in [0, 0.05) is 30.0 Å². The zero-order chi connectivity index (χ0) is 24.9. The smallest absolute Gasteiger partial charge is 0.0665 e. The Hall–Kier alpha value is -4.82. The van der Waals surface area contributed by atoms with Crippen LogP contribution in [-0.4, -0.2) is 12.4 Å². The first-order chi connectivity index (χ1) is 18.3. The summed E-state index contributed by atoms with van der Waals surface area (Å²) in [5, 5.41) is 4.86. The molecule has 37 heavy (non-hydrogen) atoms. The summed E-state index contributed by atoms with van der Waals surface area (Å²) in [7, 11) is 0. The van der Waals surface area contributed by atoms with Crippen molar-refractivity contribution in [3.63, 3.8) is 0 Å². The predicted molar refractivity (Wildman–Crippen MR) is 158 cm³/mol. The molecular formula is C35H26N2. The van der Waals surface area contributed by atoms with Gasteiger partial charge in [-0.2, -0.15) is 0 Å². The van der Waals surface area contributed by atoms with Crippen LogP contribution in [0.1, 0.15) is 22.3 Å². The van der Waals surface area contributed by atoms with Gasteiger partial charge in [0.25, 0.3) is 0 Å². The number of rotatable bonds is 6. The van der Waals surface area contributed by atoms with E-state index in [4.69, 9.17) is 9.98 Å². The summed E-state index contributed by atoms with van der Waals surface area (Å²) >= 11 is 0. The Bertz CT molecular complexity index is 1620. The lowest BCUT2D eigenvalue weighted by Crippen LogP contribution is -1.91. The molecule has 0 saturated carbocycles. The molecule has 0 amide bonds. The standard InChI is InChI=1S/C35H26N2/c1-5-19-32-26(11-1)15-9-17-30(32)24-36-34-21-7-3-13-28(34)23-29-14-4-8-22-35(29)37-25-31-18-10-16-27-12-2-6-20-33(27)31/h1-22,24-25H,23H2. The van der Waals surface area contributed by atoms with Crippen LogP contribution in [0.3, 0.4) is 0 Å². The van der Waals surface area contributed by atoms with E-state index in [1.807, 2.05) is 24.6 Å². The number of fused-ring (bicyclic) bond motifs is 2. The maximum absolute atomic E-state index is 4.92. The molecule has 0 aliphatic carbocycles. The second-order valence-corrected chi connectivity index (χ2v) is 9.09. The molecule has 2 nitrogen and oxygen atoms in total. The van der Waals surface area contributed by atoms with Gasteiger partial charge in [-0.1, -0.05) is 121 Å². The van der Waals surface area contributed by atoms with Gasteiger partial charge in [0.2, 0.25) is 0 Å². The number of para-hydroxylation sites is 2. The highest BCUT2D eigenvalue weighted by Crippen LogP contribution is 2.28. The summed E-state index contributed by atoms with van der Waals surface area (Å²) < 4.78 is 0. The summed E-state index contributed by atoms with van der Waals surface area (Å²) in [6.07, 6.45) is 4.71. The van der Waals surface area contributed by atoms with E-state index >= 15 is 0 Å². The van der Waals surface area contributed by atoms with E-state index in [0.29, 0.717) is 0 Å². The molecule has 6 aromatic rings. The van der Waals surface area contributed by atoms with Gasteiger partial charge < -0.3 is 0 Å². The van der Waals surface area contributed by atoms with Crippen molar-refractivity contribution in [2.24, 2.45) is 9.98 Å². The van der Waals surface area contributed by atoms with Crippen LogP contribution in [0.4, 0.5) is 11.4 Å². The molecule has 6 rings (SSSR count). The molecule has 0 aromatic heterocycles. The van der Waals surface area contributed by atoms with E-state index < -0.39 is 0 Å². The summed E-state index contributed by atoms with van der Waals surface area (Å²) in [6.45, 7) is 0. The van der Waals surface area contributed by atoms with Crippen molar-refractivity contribution in [1.29, 1.82) is 0 Å². The van der Waals surface area contributed by atoms with Crippen LogP contribution in [0.5, 0.6) is 0 Å². The van der Waals surface area contributed by atoms with E-state index in [1.54, 1.807) is 0 Å². The SMILES string of the molecule is C(=Nc1ccccc1Cc1ccccc1N=Cc1cccc2ccccc12)c1cccc2ccccc12. The molecule has 0 fully saturated rings. The van der Waals surface area contributed by atoms with Crippen molar-refractivity contribution in [3.8, 4) is 0 Å². The van der Waals surface area contributed by atoms with E-state index in [0.717, 1.165) is 28.9 Å². The van der Waals surface area contributed by atoms with Crippen LogP contribution in [0.25, 0.3) is 21.5 Å². The Morgan fingerprint density at radius 3 is 1.32 bits per heavy atom. The molecule has 0 N–H and O–H groups in total. The molecule has 0 bridgehead atoms. The van der Waals surface area contributed by atoms with Crippen molar-refractivity contribution in [1.82, 2.24) is 0 Å². The fourth-order valence-corrected chi connectivity index (χ4v) is 4.78. The maximum atomic E-state index is 4.92. The van der Waals surface area contributed by atoms with E-state index in [2.05, 4.69) is 121 Å². The second kappa shape index (κ2) is 10.4. The minimum absolute atomic E-state index is 0.756. The van der Waals surface area contributed by atoms with Crippen LogP contribution >= 0.6 is 0 Å². The minimum Gasteiger partial charge on any atom is -0.256 e. The van der Waals surface area contributed by atoms with Gasteiger partial charge in [0.05, 0.1) is 11.4 Å². The lowest BCUT2D eigenvalue weighted by Gasteiger charge is -2.09. The van der Waals surface area contributed by atoms with Gasteiger partial charge in [-0.05, 0) is 44.8 Å². The van der Waals surface area contributed by atoms with Crippen molar-refractivity contribution in [2.75, 3.05) is 0 Å². The quantitative estimate of drug-likeness (QED) is 0.215. The first-order valence-electron chi connectivity index (χ1n) is 12.5. The molecule has 0 saturated heterocycles. The lowest BCUT2D eigenvalue weighted by atomic mass is 10.0. The van der Waals surface area contributed by atoms with E-state index in [9.17, 15) is 0 Å². The number of nitrogens with zero attached hydrogens (tertiary/aromatic N) is 2. The Kier molecular flexibility index (Phi) is 6.38. The normalized spacial score (nSPS) is 11.7. The van der Waals surface area contributed by atoms with Gasteiger partial charge in [-0.25, -0.2) is 0 Å². The number of aliphatic imine (C=N–C) groups is 2. The lowest BCUT2D eigenvalue weighted by molar-refractivity contribution is 1.18. The summed E-state index contributed by atoms with van der Waals surface area (Å²) in [6, 6.07) is 46.2. The van der Waals surface area contributed by atoms with Crippen molar-refractivity contribution in [2.45, 2.75) is 6.42 Å². The highest BCUT2D eigenvalue weighted by atomic mass is 14.7. The van der Waals surface area contributed by atoms with E-state index in [-0.39, 0.29) is 0 Å². The molecule has 6 aromatic carbocycles. The molecule has 0 unspecified atom stereocenters. The molecular weight excluding hydrogens is 448 g/mol. The molecule has 0 heterocycles. The Morgan fingerprint density at radius 1 is 0.405 bits per heavy atom. The summed E-state index contributed by atoms with van der Waals surface area (Å²) in [5.41, 5.74) is 6.53. The van der Waals surface area contributed by atoms with Crippen LogP contribution in [0.15, 0.2) is 143 Å². The Morgan fingerprint density at radius 2 is 0.811 bits per heavy atom. The van der Waals surface area contributed by atoms with Crippen LogP contribution < -0.4 is 0 Å². The van der Waals surface area contributed by atoms with E-state index in [1.165, 1.54) is 32.7 Å². The van der Waals surface area contributed by atoms with Crippen LogP contribution in [-0.2, 0) is 6.42 Å². The van der Waals surface area contributed by atoms with Gasteiger partial charge in [0.1, 0.15) is 0 Å². The third-order valence-electron chi connectivity index (χ3n) is 6.70. The fourth-order valence-electron chi connectivity index (χ4n) is 4.78. The average Bonchev–Trinajstić information content (AvgIpc) is 2.96. The molecule has 0 atom stereocenters. The fraction of sp³-hybridized carbons (Fsp3) is 0.0286.